The number of halogens is 3. The predicted molar refractivity (Wildman–Crippen MR) is 98.9 cm³/mol. The van der Waals surface area contributed by atoms with Gasteiger partial charge in [-0.2, -0.15) is 13.2 Å². The fourth-order valence-corrected chi connectivity index (χ4v) is 3.64. The molecule has 0 radical (unpaired) electrons. The van der Waals surface area contributed by atoms with Crippen molar-refractivity contribution in [1.82, 2.24) is 20.2 Å². The number of carbonyl (C=O) groups is 2. The van der Waals surface area contributed by atoms with Gasteiger partial charge in [0.05, 0.1) is 30.9 Å². The smallest absolute Gasteiger partial charge is 0.475 e. The second kappa shape index (κ2) is 9.88. The zero-order chi connectivity index (χ0) is 22.4. The lowest BCUT2D eigenvalue weighted by molar-refractivity contribution is -0.192. The number of alkyl halides is 3. The molecule has 12 heteroatoms. The van der Waals surface area contributed by atoms with Crippen molar-refractivity contribution in [1.29, 1.82) is 0 Å². The summed E-state index contributed by atoms with van der Waals surface area (Å²) in [5.74, 6) is -2.96. The molecule has 0 unspecified atom stereocenters. The molecule has 2 aromatic rings. The summed E-state index contributed by atoms with van der Waals surface area (Å²) in [4.78, 5) is 31.7. The van der Waals surface area contributed by atoms with Crippen LogP contribution in [0.15, 0.2) is 41.6 Å². The number of aliphatic carboxylic acids is 1. The molecule has 3 atom stereocenters. The number of hydrogen-bond acceptors (Lipinski definition) is 7. The number of amides is 1. The largest absolute Gasteiger partial charge is 0.490 e. The minimum Gasteiger partial charge on any atom is -0.475 e. The summed E-state index contributed by atoms with van der Waals surface area (Å²) in [6, 6.07) is 2.25. The van der Waals surface area contributed by atoms with Crippen molar-refractivity contribution in [3.8, 4) is 0 Å². The van der Waals surface area contributed by atoms with Crippen molar-refractivity contribution < 1.29 is 37.0 Å². The Balaban J connectivity index is 0.000000339. The number of carboxylic acid groups (broad SMARTS) is 1. The van der Waals surface area contributed by atoms with Crippen LogP contribution in [0.1, 0.15) is 28.9 Å². The summed E-state index contributed by atoms with van der Waals surface area (Å²) in [5, 5.41) is 10.2. The monoisotopic (exact) mass is 442 g/mol. The maximum absolute atomic E-state index is 12.4. The molecule has 2 aliphatic rings. The number of nitrogens with one attached hydrogen (secondary N) is 1. The van der Waals surface area contributed by atoms with Gasteiger partial charge in [0, 0.05) is 43.7 Å². The van der Waals surface area contributed by atoms with Crippen LogP contribution in [0.25, 0.3) is 0 Å². The van der Waals surface area contributed by atoms with Crippen molar-refractivity contribution in [3.05, 3.63) is 48.4 Å². The van der Waals surface area contributed by atoms with Crippen molar-refractivity contribution >= 4 is 11.9 Å². The zero-order valence-electron chi connectivity index (χ0n) is 16.3. The number of carboxylic acids is 1. The van der Waals surface area contributed by atoms with Crippen molar-refractivity contribution in [3.63, 3.8) is 0 Å². The topological polar surface area (TPSA) is 118 Å². The van der Waals surface area contributed by atoms with Gasteiger partial charge in [0.1, 0.15) is 5.69 Å². The van der Waals surface area contributed by atoms with Crippen molar-refractivity contribution in [2.75, 3.05) is 13.2 Å². The normalized spacial score (nSPS) is 23.4. The van der Waals surface area contributed by atoms with Crippen LogP contribution in [0.2, 0.25) is 0 Å². The van der Waals surface area contributed by atoms with E-state index in [0.29, 0.717) is 11.7 Å². The lowest BCUT2D eigenvalue weighted by atomic mass is 10.0. The van der Waals surface area contributed by atoms with E-state index >= 15 is 0 Å². The van der Waals surface area contributed by atoms with Gasteiger partial charge < -0.3 is 19.6 Å². The summed E-state index contributed by atoms with van der Waals surface area (Å²) in [6.07, 6.45) is 5.08. The van der Waals surface area contributed by atoms with E-state index in [4.69, 9.17) is 19.1 Å². The Hall–Kier alpha value is -2.99. The molecular formula is C19H21F3N4O5. The minimum absolute atomic E-state index is 0.0197. The highest BCUT2D eigenvalue weighted by molar-refractivity contribution is 5.92. The SMILES string of the molecule is O=C(N[C@@H]1CN(Cc2ccoc2)[C@@H]2CCCO[C@@H]21)c1cnccn1.O=C(O)C(F)(F)F. The molecule has 2 aromatic heterocycles. The van der Waals surface area contributed by atoms with E-state index in [9.17, 15) is 18.0 Å². The second-order valence-corrected chi connectivity index (χ2v) is 7.08. The predicted octanol–water partition coefficient (Wildman–Crippen LogP) is 1.86. The summed E-state index contributed by atoms with van der Waals surface area (Å²) < 4.78 is 42.9. The van der Waals surface area contributed by atoms with Crippen LogP contribution < -0.4 is 5.32 Å². The molecule has 2 saturated heterocycles. The van der Waals surface area contributed by atoms with Gasteiger partial charge in [-0.05, 0) is 18.9 Å². The molecule has 0 spiro atoms. The van der Waals surface area contributed by atoms with Gasteiger partial charge in [0.15, 0.2) is 0 Å². The number of aromatic nitrogens is 2. The molecule has 0 bridgehead atoms. The summed E-state index contributed by atoms with van der Waals surface area (Å²) in [7, 11) is 0. The van der Waals surface area contributed by atoms with Gasteiger partial charge in [-0.15, -0.1) is 0 Å². The average Bonchev–Trinajstić information content (AvgIpc) is 3.37. The number of nitrogens with zero attached hydrogens (tertiary/aromatic N) is 3. The van der Waals surface area contributed by atoms with E-state index < -0.39 is 12.1 Å². The van der Waals surface area contributed by atoms with Gasteiger partial charge >= 0.3 is 12.1 Å². The Morgan fingerprint density at radius 2 is 2.10 bits per heavy atom. The maximum Gasteiger partial charge on any atom is 0.490 e. The fourth-order valence-electron chi connectivity index (χ4n) is 3.64. The van der Waals surface area contributed by atoms with Gasteiger partial charge in [-0.3, -0.25) is 14.7 Å². The van der Waals surface area contributed by atoms with E-state index in [1.54, 1.807) is 18.7 Å². The molecule has 0 aliphatic carbocycles. The van der Waals surface area contributed by atoms with Gasteiger partial charge in [-0.25, -0.2) is 9.78 Å². The van der Waals surface area contributed by atoms with Gasteiger partial charge in [0.2, 0.25) is 0 Å². The highest BCUT2D eigenvalue weighted by Crippen LogP contribution is 2.30. The number of carbonyl (C=O) groups excluding carboxylic acids is 1. The third-order valence-electron chi connectivity index (χ3n) is 4.95. The summed E-state index contributed by atoms with van der Waals surface area (Å²) >= 11 is 0. The van der Waals surface area contributed by atoms with E-state index in [1.807, 2.05) is 6.07 Å². The highest BCUT2D eigenvalue weighted by Gasteiger charge is 2.44. The highest BCUT2D eigenvalue weighted by atomic mass is 19.4. The van der Waals surface area contributed by atoms with Gasteiger partial charge in [0.25, 0.3) is 5.91 Å². The number of likely N-dealkylation sites (tertiary alicyclic amines) is 1. The Morgan fingerprint density at radius 3 is 2.71 bits per heavy atom. The molecule has 0 aromatic carbocycles. The number of ether oxygens (including phenoxy) is 1. The first kappa shape index (κ1) is 22.7. The van der Waals surface area contributed by atoms with Crippen LogP contribution in [0, 0.1) is 0 Å². The second-order valence-electron chi connectivity index (χ2n) is 7.08. The van der Waals surface area contributed by atoms with E-state index in [1.165, 1.54) is 12.4 Å². The summed E-state index contributed by atoms with van der Waals surface area (Å²) in [5.41, 5.74) is 1.47. The molecule has 2 N–H and O–H groups in total. The maximum atomic E-state index is 12.4. The molecular weight excluding hydrogens is 421 g/mol. The molecule has 1 amide bonds. The zero-order valence-corrected chi connectivity index (χ0v) is 16.3. The van der Waals surface area contributed by atoms with E-state index in [2.05, 4.69) is 20.2 Å². The fraction of sp³-hybridized carbons (Fsp3) is 0.474. The molecule has 168 valence electrons. The Labute approximate surface area is 175 Å². The minimum atomic E-state index is -5.08. The van der Waals surface area contributed by atoms with Crippen molar-refractivity contribution in [2.24, 2.45) is 0 Å². The molecule has 4 rings (SSSR count). The quantitative estimate of drug-likeness (QED) is 0.737. The van der Waals surface area contributed by atoms with Crippen LogP contribution in [0.4, 0.5) is 13.2 Å². The van der Waals surface area contributed by atoms with E-state index in [-0.39, 0.29) is 18.1 Å². The molecule has 31 heavy (non-hydrogen) atoms. The molecule has 0 saturated carbocycles. The lowest BCUT2D eigenvalue weighted by Crippen LogP contribution is -2.47. The Morgan fingerprint density at radius 1 is 1.32 bits per heavy atom. The number of furan rings is 1. The van der Waals surface area contributed by atoms with E-state index in [0.717, 1.165) is 38.1 Å². The molecule has 2 aliphatic heterocycles. The number of fused-ring (bicyclic) bond motifs is 1. The lowest BCUT2D eigenvalue weighted by Gasteiger charge is -2.32. The summed E-state index contributed by atoms with van der Waals surface area (Å²) in [6.45, 7) is 2.31. The first-order valence-electron chi connectivity index (χ1n) is 9.49. The standard InChI is InChI=1S/C17H20N4O3.C2HF3O2/c22-17(13-8-18-4-5-19-13)20-14-10-21(9-12-3-7-23-11-12)15-2-1-6-24-16(14)15;3-2(4,5)1(6)7/h3-5,7-8,11,14-16H,1-2,6,9-10H2,(H,20,22);(H,6,7)/t14-,15-,16-;/m1./s1. The van der Waals surface area contributed by atoms with Crippen LogP contribution in [-0.2, 0) is 16.1 Å². The van der Waals surface area contributed by atoms with Crippen LogP contribution >= 0.6 is 0 Å². The third kappa shape index (κ3) is 6.01. The molecule has 2 fully saturated rings. The number of rotatable bonds is 4. The molecule has 4 heterocycles. The Kier molecular flexibility index (Phi) is 7.23. The average molecular weight is 442 g/mol. The Bertz CT molecular complexity index is 863. The third-order valence-corrected chi connectivity index (χ3v) is 4.95. The number of hydrogen-bond donors (Lipinski definition) is 2. The first-order chi connectivity index (χ1) is 14.8. The van der Waals surface area contributed by atoms with Crippen LogP contribution in [0.3, 0.4) is 0 Å². The molecule has 9 nitrogen and oxygen atoms in total. The van der Waals surface area contributed by atoms with Crippen LogP contribution in [-0.4, -0.2) is 69.4 Å². The first-order valence-corrected chi connectivity index (χ1v) is 9.49. The van der Waals surface area contributed by atoms with Crippen LogP contribution in [0.5, 0.6) is 0 Å². The van der Waals surface area contributed by atoms with Gasteiger partial charge in [-0.1, -0.05) is 0 Å². The van der Waals surface area contributed by atoms with Crippen molar-refractivity contribution in [2.45, 2.75) is 43.8 Å².